The monoisotopic (exact) mass is 359 g/mol. The van der Waals surface area contributed by atoms with E-state index in [1.54, 1.807) is 4.90 Å². The van der Waals surface area contributed by atoms with Crippen LogP contribution in [0.25, 0.3) is 0 Å². The zero-order valence-electron chi connectivity index (χ0n) is 15.4. The normalized spacial score (nSPS) is 24.1. The number of hydrogen-bond acceptors (Lipinski definition) is 4. The molecule has 0 spiro atoms. The van der Waals surface area contributed by atoms with E-state index in [2.05, 4.69) is 17.6 Å². The Morgan fingerprint density at radius 1 is 1.19 bits per heavy atom. The molecule has 2 saturated heterocycles. The second-order valence-electron chi connectivity index (χ2n) is 7.26. The van der Waals surface area contributed by atoms with Crippen LogP contribution in [0, 0.1) is 5.92 Å². The van der Waals surface area contributed by atoms with Crippen molar-refractivity contribution in [2.24, 2.45) is 5.92 Å². The van der Waals surface area contributed by atoms with Crippen LogP contribution in [0.2, 0.25) is 0 Å². The standard InChI is InChI=1S/C20H29N3O3/c1-15-18(8-5-11-21-15)22-20(25)16-9-12-23(13-10-16)19(24)14-26-17-6-3-2-4-7-17/h2-4,6-7,15-16,18,21H,5,8-14H2,1H3,(H,22,25). The Morgan fingerprint density at radius 2 is 1.92 bits per heavy atom. The fourth-order valence-corrected chi connectivity index (χ4v) is 3.69. The number of amides is 2. The summed E-state index contributed by atoms with van der Waals surface area (Å²) >= 11 is 0. The van der Waals surface area contributed by atoms with Crippen LogP contribution in [0.3, 0.4) is 0 Å². The highest BCUT2D eigenvalue weighted by molar-refractivity contribution is 5.80. The molecule has 3 rings (SSSR count). The van der Waals surface area contributed by atoms with Gasteiger partial charge in [-0.15, -0.1) is 0 Å². The average Bonchev–Trinajstić information content (AvgIpc) is 2.69. The van der Waals surface area contributed by atoms with Gasteiger partial charge in [-0.25, -0.2) is 0 Å². The van der Waals surface area contributed by atoms with E-state index in [-0.39, 0.29) is 30.4 Å². The minimum absolute atomic E-state index is 0.00298. The van der Waals surface area contributed by atoms with Crippen LogP contribution in [0.15, 0.2) is 30.3 Å². The van der Waals surface area contributed by atoms with Gasteiger partial charge in [0.05, 0.1) is 0 Å². The second-order valence-corrected chi connectivity index (χ2v) is 7.26. The lowest BCUT2D eigenvalue weighted by Crippen LogP contribution is -2.54. The number of likely N-dealkylation sites (tertiary alicyclic amines) is 1. The predicted octanol–water partition coefficient (Wildman–Crippen LogP) is 1.56. The Balaban J connectivity index is 1.40. The quantitative estimate of drug-likeness (QED) is 0.837. The van der Waals surface area contributed by atoms with Crippen molar-refractivity contribution in [1.29, 1.82) is 0 Å². The van der Waals surface area contributed by atoms with Crippen LogP contribution < -0.4 is 15.4 Å². The number of ether oxygens (including phenoxy) is 1. The molecule has 2 fully saturated rings. The van der Waals surface area contributed by atoms with Gasteiger partial charge in [0.1, 0.15) is 5.75 Å². The molecule has 0 aliphatic carbocycles. The first-order valence-electron chi connectivity index (χ1n) is 9.63. The number of piperidine rings is 2. The van der Waals surface area contributed by atoms with Gasteiger partial charge in [-0.1, -0.05) is 18.2 Å². The van der Waals surface area contributed by atoms with E-state index in [0.29, 0.717) is 24.9 Å². The third kappa shape index (κ3) is 4.97. The molecule has 142 valence electrons. The molecule has 0 aromatic heterocycles. The molecule has 26 heavy (non-hydrogen) atoms. The molecule has 0 saturated carbocycles. The molecule has 2 aliphatic heterocycles. The molecule has 6 nitrogen and oxygen atoms in total. The van der Waals surface area contributed by atoms with E-state index in [1.165, 1.54) is 0 Å². The van der Waals surface area contributed by atoms with Crippen molar-refractivity contribution >= 4 is 11.8 Å². The summed E-state index contributed by atoms with van der Waals surface area (Å²) in [5.41, 5.74) is 0. The molecule has 6 heteroatoms. The van der Waals surface area contributed by atoms with Gasteiger partial charge in [-0.3, -0.25) is 9.59 Å². The molecule has 1 aromatic carbocycles. The zero-order chi connectivity index (χ0) is 18.4. The van der Waals surface area contributed by atoms with Gasteiger partial charge in [-0.05, 0) is 51.3 Å². The summed E-state index contributed by atoms with van der Waals surface area (Å²) in [5.74, 6) is 0.824. The molecule has 2 N–H and O–H groups in total. The van der Waals surface area contributed by atoms with Gasteiger partial charge in [0.2, 0.25) is 5.91 Å². The van der Waals surface area contributed by atoms with Crippen LogP contribution in [0.5, 0.6) is 5.75 Å². The van der Waals surface area contributed by atoms with Crippen molar-refractivity contribution in [1.82, 2.24) is 15.5 Å². The number of hydrogen-bond donors (Lipinski definition) is 2. The number of benzene rings is 1. The molecule has 0 bridgehead atoms. The van der Waals surface area contributed by atoms with Gasteiger partial charge in [0.25, 0.3) is 5.91 Å². The molecule has 2 unspecified atom stereocenters. The molecular formula is C20H29N3O3. The SMILES string of the molecule is CC1NCCCC1NC(=O)C1CCN(C(=O)COc2ccccc2)CC1. The maximum Gasteiger partial charge on any atom is 0.260 e. The molecular weight excluding hydrogens is 330 g/mol. The van der Waals surface area contributed by atoms with Crippen LogP contribution in [-0.4, -0.2) is 55.0 Å². The molecule has 0 radical (unpaired) electrons. The Bertz CT molecular complexity index is 600. The van der Waals surface area contributed by atoms with E-state index >= 15 is 0 Å². The third-order valence-corrected chi connectivity index (χ3v) is 5.41. The number of nitrogens with zero attached hydrogens (tertiary/aromatic N) is 1. The number of carbonyl (C=O) groups is 2. The highest BCUT2D eigenvalue weighted by Crippen LogP contribution is 2.19. The van der Waals surface area contributed by atoms with E-state index in [4.69, 9.17) is 4.74 Å². The molecule has 1 aromatic rings. The summed E-state index contributed by atoms with van der Waals surface area (Å²) in [6, 6.07) is 9.89. The van der Waals surface area contributed by atoms with E-state index in [0.717, 1.165) is 32.2 Å². The van der Waals surface area contributed by atoms with Crippen molar-refractivity contribution in [3.05, 3.63) is 30.3 Å². The van der Waals surface area contributed by atoms with Crippen LogP contribution in [-0.2, 0) is 9.59 Å². The van der Waals surface area contributed by atoms with Gasteiger partial charge in [0, 0.05) is 31.1 Å². The first kappa shape index (κ1) is 18.7. The van der Waals surface area contributed by atoms with Crippen LogP contribution in [0.1, 0.15) is 32.6 Å². The van der Waals surface area contributed by atoms with Crippen molar-refractivity contribution < 1.29 is 14.3 Å². The lowest BCUT2D eigenvalue weighted by Gasteiger charge is -2.34. The number of nitrogens with one attached hydrogen (secondary N) is 2. The average molecular weight is 359 g/mol. The zero-order valence-corrected chi connectivity index (χ0v) is 15.4. The van der Waals surface area contributed by atoms with Crippen molar-refractivity contribution in [3.63, 3.8) is 0 Å². The Labute approximate surface area is 155 Å². The topological polar surface area (TPSA) is 70.7 Å². The van der Waals surface area contributed by atoms with Crippen molar-refractivity contribution in [2.45, 2.75) is 44.7 Å². The molecule has 2 amide bonds. The molecule has 2 atom stereocenters. The maximum absolute atomic E-state index is 12.5. The van der Waals surface area contributed by atoms with Gasteiger partial charge in [-0.2, -0.15) is 0 Å². The first-order valence-corrected chi connectivity index (χ1v) is 9.63. The summed E-state index contributed by atoms with van der Waals surface area (Å²) in [4.78, 5) is 26.6. The summed E-state index contributed by atoms with van der Waals surface area (Å²) in [7, 11) is 0. The molecule has 2 aliphatic rings. The second kappa shape index (κ2) is 9.03. The Morgan fingerprint density at radius 3 is 2.62 bits per heavy atom. The first-order chi connectivity index (χ1) is 12.6. The molecule has 2 heterocycles. The summed E-state index contributed by atoms with van der Waals surface area (Å²) in [6.45, 7) is 4.43. The van der Waals surface area contributed by atoms with E-state index in [9.17, 15) is 9.59 Å². The third-order valence-electron chi connectivity index (χ3n) is 5.41. The van der Waals surface area contributed by atoms with Gasteiger partial charge in [0.15, 0.2) is 6.61 Å². The van der Waals surface area contributed by atoms with Gasteiger partial charge >= 0.3 is 0 Å². The Kier molecular flexibility index (Phi) is 6.50. The fourth-order valence-electron chi connectivity index (χ4n) is 3.69. The van der Waals surface area contributed by atoms with E-state index < -0.39 is 0 Å². The minimum atomic E-state index is -0.0159. The number of para-hydroxylation sites is 1. The highest BCUT2D eigenvalue weighted by atomic mass is 16.5. The van der Waals surface area contributed by atoms with Crippen molar-refractivity contribution in [3.8, 4) is 5.75 Å². The lowest BCUT2D eigenvalue weighted by molar-refractivity contribution is -0.137. The van der Waals surface area contributed by atoms with Crippen LogP contribution in [0.4, 0.5) is 0 Å². The van der Waals surface area contributed by atoms with Crippen molar-refractivity contribution in [2.75, 3.05) is 26.2 Å². The Hall–Kier alpha value is -2.08. The summed E-state index contributed by atoms with van der Waals surface area (Å²) in [6.07, 6.45) is 3.58. The maximum atomic E-state index is 12.5. The summed E-state index contributed by atoms with van der Waals surface area (Å²) < 4.78 is 5.53. The largest absolute Gasteiger partial charge is 0.484 e. The minimum Gasteiger partial charge on any atom is -0.484 e. The lowest BCUT2D eigenvalue weighted by atomic mass is 9.93. The summed E-state index contributed by atoms with van der Waals surface area (Å²) in [5, 5.41) is 6.61. The smallest absolute Gasteiger partial charge is 0.260 e. The number of rotatable bonds is 5. The number of carbonyl (C=O) groups excluding carboxylic acids is 2. The van der Waals surface area contributed by atoms with Gasteiger partial charge < -0.3 is 20.3 Å². The fraction of sp³-hybridized carbons (Fsp3) is 0.600. The van der Waals surface area contributed by atoms with E-state index in [1.807, 2.05) is 30.3 Å². The highest BCUT2D eigenvalue weighted by Gasteiger charge is 2.30. The predicted molar refractivity (Wildman–Crippen MR) is 99.9 cm³/mol. The van der Waals surface area contributed by atoms with Crippen LogP contribution >= 0.6 is 0 Å².